The molecule has 1 aliphatic rings. The average Bonchev–Trinajstić information content (AvgIpc) is 2.79. The van der Waals surface area contributed by atoms with Gasteiger partial charge in [0.15, 0.2) is 0 Å². The number of likely N-dealkylation sites (tertiary alicyclic amines) is 1. The molecule has 0 aromatic carbocycles. The molecule has 182 valence electrons. The molecule has 0 atom stereocenters. The molecule has 1 amide bonds. The summed E-state index contributed by atoms with van der Waals surface area (Å²) in [5.74, 6) is 1.04. The van der Waals surface area contributed by atoms with Crippen LogP contribution in [0.3, 0.4) is 0 Å². The van der Waals surface area contributed by atoms with E-state index in [0.717, 1.165) is 51.7 Å². The lowest BCUT2D eigenvalue weighted by Crippen LogP contribution is -2.38. The Bertz CT molecular complexity index is 434. The summed E-state index contributed by atoms with van der Waals surface area (Å²) in [6.45, 7) is 5.54. The summed E-state index contributed by atoms with van der Waals surface area (Å²) in [6, 6.07) is 0. The Morgan fingerprint density at radius 2 is 1.48 bits per heavy atom. The van der Waals surface area contributed by atoms with Crippen molar-refractivity contribution in [1.82, 2.24) is 10.2 Å². The van der Waals surface area contributed by atoms with Crippen LogP contribution in [0.25, 0.3) is 0 Å². The zero-order chi connectivity index (χ0) is 22.4. The van der Waals surface area contributed by atoms with Crippen molar-refractivity contribution in [3.63, 3.8) is 0 Å². The molecule has 0 unspecified atom stereocenters. The number of piperidine rings is 1. The van der Waals surface area contributed by atoms with Crippen LogP contribution in [-0.4, -0.2) is 50.3 Å². The fourth-order valence-corrected chi connectivity index (χ4v) is 4.38. The van der Waals surface area contributed by atoms with Gasteiger partial charge in [-0.1, -0.05) is 89.1 Å². The molecule has 31 heavy (non-hydrogen) atoms. The van der Waals surface area contributed by atoms with Crippen LogP contribution in [0.5, 0.6) is 0 Å². The van der Waals surface area contributed by atoms with Crippen molar-refractivity contribution >= 4 is 12.1 Å². The van der Waals surface area contributed by atoms with Crippen LogP contribution < -0.4 is 5.32 Å². The lowest BCUT2D eigenvalue weighted by atomic mass is 9.93. The Kier molecular flexibility index (Phi) is 18.7. The molecule has 0 radical (unpaired) electrons. The van der Waals surface area contributed by atoms with E-state index in [1.165, 1.54) is 77.0 Å². The van der Waals surface area contributed by atoms with E-state index in [-0.39, 0.29) is 0 Å². The summed E-state index contributed by atoms with van der Waals surface area (Å²) in [5, 5.41) is 6.92. The minimum atomic E-state index is 0.370. The van der Waals surface area contributed by atoms with E-state index in [4.69, 9.17) is 4.84 Å². The quantitative estimate of drug-likeness (QED) is 0.138. The van der Waals surface area contributed by atoms with Crippen molar-refractivity contribution in [3.05, 3.63) is 0 Å². The second-order valence-corrected chi connectivity index (χ2v) is 9.28. The molecule has 0 aromatic heterocycles. The minimum absolute atomic E-state index is 0.370. The van der Waals surface area contributed by atoms with Gasteiger partial charge >= 0.3 is 0 Å². The van der Waals surface area contributed by atoms with Crippen LogP contribution in [0.4, 0.5) is 0 Å². The number of nitrogens with one attached hydrogen (secondary N) is 1. The summed E-state index contributed by atoms with van der Waals surface area (Å²) in [5.41, 5.74) is 0. The summed E-state index contributed by atoms with van der Waals surface area (Å²) in [4.78, 5) is 19.8. The van der Waals surface area contributed by atoms with Crippen molar-refractivity contribution in [3.8, 4) is 0 Å². The van der Waals surface area contributed by atoms with Gasteiger partial charge in [-0.2, -0.15) is 0 Å². The first-order chi connectivity index (χ1) is 15.3. The first kappa shape index (κ1) is 27.9. The van der Waals surface area contributed by atoms with E-state index in [2.05, 4.69) is 22.3 Å². The van der Waals surface area contributed by atoms with E-state index in [1.807, 2.05) is 7.05 Å². The van der Waals surface area contributed by atoms with Crippen molar-refractivity contribution in [2.75, 3.05) is 33.3 Å². The van der Waals surface area contributed by atoms with Gasteiger partial charge in [0, 0.05) is 26.1 Å². The smallest absolute Gasteiger partial charge is 0.222 e. The Labute approximate surface area is 192 Å². The molecule has 1 N–H and O–H groups in total. The highest BCUT2D eigenvalue weighted by Gasteiger charge is 2.22. The number of amides is 1. The average molecular weight is 438 g/mol. The maximum atomic E-state index is 12.4. The van der Waals surface area contributed by atoms with Crippen molar-refractivity contribution in [2.24, 2.45) is 11.1 Å². The van der Waals surface area contributed by atoms with Gasteiger partial charge in [0.1, 0.15) is 6.61 Å². The summed E-state index contributed by atoms with van der Waals surface area (Å²) >= 11 is 0. The molecule has 0 saturated carbocycles. The molecule has 0 spiro atoms. The highest BCUT2D eigenvalue weighted by molar-refractivity contribution is 5.76. The van der Waals surface area contributed by atoms with Crippen molar-refractivity contribution in [2.45, 2.75) is 116 Å². The number of oxime groups is 1. The molecular formula is C26H51N3O2. The SMILES string of the molecule is CCCCCCCCCCCCCCCC(=O)N1CCC(CCO/N=C/CNC)CC1. The third kappa shape index (κ3) is 16.2. The Morgan fingerprint density at radius 3 is 2.03 bits per heavy atom. The third-order valence-corrected chi connectivity index (χ3v) is 6.52. The number of nitrogens with zero attached hydrogens (tertiary/aromatic N) is 2. The second kappa shape index (κ2) is 20.8. The number of rotatable bonds is 20. The van der Waals surface area contributed by atoms with Gasteiger partial charge < -0.3 is 15.1 Å². The molecule has 0 bridgehead atoms. The lowest BCUT2D eigenvalue weighted by Gasteiger charge is -2.32. The van der Waals surface area contributed by atoms with E-state index in [0.29, 0.717) is 18.4 Å². The molecule has 1 fully saturated rings. The van der Waals surface area contributed by atoms with Crippen molar-refractivity contribution in [1.29, 1.82) is 0 Å². The fraction of sp³-hybridized carbons (Fsp3) is 0.923. The predicted molar refractivity (Wildman–Crippen MR) is 133 cm³/mol. The molecule has 0 aliphatic carbocycles. The Balaban J connectivity index is 1.88. The van der Waals surface area contributed by atoms with Crippen LogP contribution in [-0.2, 0) is 9.63 Å². The zero-order valence-electron chi connectivity index (χ0n) is 20.7. The van der Waals surface area contributed by atoms with Crippen LogP contribution in [0.1, 0.15) is 116 Å². The fourth-order valence-electron chi connectivity index (χ4n) is 4.38. The monoisotopic (exact) mass is 437 g/mol. The van der Waals surface area contributed by atoms with Crippen LogP contribution in [0.2, 0.25) is 0 Å². The standard InChI is InChI=1S/C26H51N3O2/c1-3-4-5-6-7-8-9-10-11-12-13-14-15-16-26(30)29-22-17-25(18-23-29)19-24-31-28-21-20-27-2/h21,25,27H,3-20,22-24H2,1-2H3/b28-21+. The van der Waals surface area contributed by atoms with E-state index >= 15 is 0 Å². The highest BCUT2D eigenvalue weighted by atomic mass is 16.6. The normalized spacial score (nSPS) is 15.1. The highest BCUT2D eigenvalue weighted by Crippen LogP contribution is 2.21. The summed E-state index contributed by atoms with van der Waals surface area (Å²) < 4.78 is 0. The van der Waals surface area contributed by atoms with Crippen molar-refractivity contribution < 1.29 is 9.63 Å². The van der Waals surface area contributed by atoms with Gasteiger partial charge in [-0.05, 0) is 38.6 Å². The second-order valence-electron chi connectivity index (χ2n) is 9.28. The van der Waals surface area contributed by atoms with Crippen LogP contribution >= 0.6 is 0 Å². The zero-order valence-corrected chi connectivity index (χ0v) is 20.7. The van der Waals surface area contributed by atoms with E-state index < -0.39 is 0 Å². The first-order valence-electron chi connectivity index (χ1n) is 13.3. The number of hydrogen-bond acceptors (Lipinski definition) is 4. The van der Waals surface area contributed by atoms with Gasteiger partial charge in [-0.3, -0.25) is 4.79 Å². The molecule has 1 heterocycles. The van der Waals surface area contributed by atoms with Gasteiger partial charge in [-0.15, -0.1) is 0 Å². The molecule has 1 saturated heterocycles. The van der Waals surface area contributed by atoms with Gasteiger partial charge in [0.05, 0.1) is 6.21 Å². The van der Waals surface area contributed by atoms with Crippen LogP contribution in [0, 0.1) is 5.92 Å². The number of hydrogen-bond donors (Lipinski definition) is 1. The van der Waals surface area contributed by atoms with E-state index in [9.17, 15) is 4.79 Å². The van der Waals surface area contributed by atoms with Gasteiger partial charge in [0.25, 0.3) is 0 Å². The lowest BCUT2D eigenvalue weighted by molar-refractivity contribution is -0.132. The largest absolute Gasteiger partial charge is 0.396 e. The Hall–Kier alpha value is -1.10. The summed E-state index contributed by atoms with van der Waals surface area (Å²) in [7, 11) is 1.89. The van der Waals surface area contributed by atoms with Crippen LogP contribution in [0.15, 0.2) is 5.16 Å². The van der Waals surface area contributed by atoms with E-state index in [1.54, 1.807) is 6.21 Å². The molecule has 1 rings (SSSR count). The Morgan fingerprint density at radius 1 is 0.935 bits per heavy atom. The number of carbonyl (C=O) groups is 1. The van der Waals surface area contributed by atoms with Gasteiger partial charge in [-0.25, -0.2) is 0 Å². The maximum Gasteiger partial charge on any atom is 0.222 e. The number of unbranched alkanes of at least 4 members (excludes halogenated alkanes) is 12. The maximum absolute atomic E-state index is 12.4. The molecule has 5 nitrogen and oxygen atoms in total. The number of carbonyl (C=O) groups excluding carboxylic acids is 1. The third-order valence-electron chi connectivity index (χ3n) is 6.52. The first-order valence-corrected chi connectivity index (χ1v) is 13.3. The summed E-state index contributed by atoms with van der Waals surface area (Å²) in [6.07, 6.45) is 23.3. The molecule has 1 aliphatic heterocycles. The molecule has 5 heteroatoms. The topological polar surface area (TPSA) is 53.9 Å². The molecule has 0 aromatic rings. The van der Waals surface area contributed by atoms with Gasteiger partial charge in [0.2, 0.25) is 5.91 Å². The molecular weight excluding hydrogens is 386 g/mol. The predicted octanol–water partition coefficient (Wildman–Crippen LogP) is 6.32. The minimum Gasteiger partial charge on any atom is -0.396 e.